The van der Waals surface area contributed by atoms with Crippen molar-refractivity contribution in [1.82, 2.24) is 9.88 Å². The molecule has 0 unspecified atom stereocenters. The smallest absolute Gasteiger partial charge is 0.404 e. The number of Topliss-reactive ketones (excluding diaryl/α,β-unsaturated/α-hetero) is 1. The van der Waals surface area contributed by atoms with Crippen LogP contribution in [0.3, 0.4) is 0 Å². The Morgan fingerprint density at radius 3 is 2.22 bits per heavy atom. The lowest BCUT2D eigenvalue weighted by Crippen LogP contribution is -2.49. The molecule has 2 fully saturated rings. The lowest BCUT2D eigenvalue weighted by Gasteiger charge is -2.34. The maximum absolute atomic E-state index is 14.3. The van der Waals surface area contributed by atoms with Gasteiger partial charge in [0, 0.05) is 24.1 Å². The van der Waals surface area contributed by atoms with Gasteiger partial charge >= 0.3 is 6.18 Å². The number of carbonyl (C=O) groups is 2. The lowest BCUT2D eigenvalue weighted by molar-refractivity contribution is -0.130. The molecular weight excluding hydrogens is 528 g/mol. The van der Waals surface area contributed by atoms with Crippen molar-refractivity contribution in [1.29, 1.82) is 0 Å². The summed E-state index contributed by atoms with van der Waals surface area (Å²) in [7, 11) is 0. The zero-order valence-electron chi connectivity index (χ0n) is 21.2. The average molecular weight is 561 g/mol. The predicted molar refractivity (Wildman–Crippen MR) is 139 cm³/mol. The molecule has 2 aliphatic carbocycles. The van der Waals surface area contributed by atoms with Gasteiger partial charge in [-0.25, -0.2) is 0 Å². The summed E-state index contributed by atoms with van der Waals surface area (Å²) in [6.07, 6.45) is 2.43. The summed E-state index contributed by atoms with van der Waals surface area (Å²) in [5.74, 6) is -1.02. The summed E-state index contributed by atoms with van der Waals surface area (Å²) in [4.78, 5) is 36.2. The average Bonchev–Trinajstić information content (AvgIpc) is 3.57. The van der Waals surface area contributed by atoms with Crippen LogP contribution in [0, 0.1) is 11.8 Å². The Morgan fingerprint density at radius 2 is 1.76 bits per heavy atom. The third-order valence-electron chi connectivity index (χ3n) is 7.08. The van der Waals surface area contributed by atoms with Crippen molar-refractivity contribution in [2.75, 3.05) is 6.54 Å². The van der Waals surface area contributed by atoms with E-state index in [1.54, 1.807) is 0 Å². The highest BCUT2D eigenvalue weighted by Crippen LogP contribution is 2.48. The number of ketones is 1. The van der Waals surface area contributed by atoms with Gasteiger partial charge in [-0.1, -0.05) is 44.0 Å². The van der Waals surface area contributed by atoms with Crippen LogP contribution in [0.15, 0.2) is 29.2 Å². The van der Waals surface area contributed by atoms with Gasteiger partial charge in [-0.15, -0.1) is 0 Å². The molecule has 3 rings (SSSR count). The number of aromatic nitrogens is 1. The van der Waals surface area contributed by atoms with Crippen LogP contribution in [0.4, 0.5) is 13.2 Å². The molecule has 204 valence electrons. The van der Waals surface area contributed by atoms with Gasteiger partial charge in [0.2, 0.25) is 0 Å². The highest BCUT2D eigenvalue weighted by atomic mass is 35.5. The fraction of sp³-hybridized carbons (Fsp3) is 0.615. The molecule has 2 aliphatic rings. The molecule has 1 amide bonds. The summed E-state index contributed by atoms with van der Waals surface area (Å²) in [5.41, 5.74) is 2.82. The van der Waals surface area contributed by atoms with E-state index in [0.29, 0.717) is 44.2 Å². The van der Waals surface area contributed by atoms with E-state index in [-0.39, 0.29) is 21.5 Å². The summed E-state index contributed by atoms with van der Waals surface area (Å²) in [5, 5.41) is -0.00506. The van der Waals surface area contributed by atoms with Gasteiger partial charge in [-0.2, -0.15) is 13.2 Å². The third-order valence-corrected chi connectivity index (χ3v) is 7.66. The normalized spacial score (nSPS) is 22.2. The number of carbonyl (C=O) groups excluding carboxylic acids is 2. The van der Waals surface area contributed by atoms with Crippen molar-refractivity contribution >= 4 is 40.6 Å². The Balaban J connectivity index is 2.01. The van der Waals surface area contributed by atoms with E-state index >= 15 is 0 Å². The SMILES string of the molecule is CC(C)CC1(N(CC(=O)c2c(Cl)cncc2Cl)C(=O)C(=CN)C(=NC2CCC(C)CC2)C(F)(F)F)CC1. The molecule has 0 atom stereocenters. The Morgan fingerprint density at radius 1 is 1.19 bits per heavy atom. The van der Waals surface area contributed by atoms with Crippen molar-refractivity contribution < 1.29 is 22.8 Å². The molecule has 37 heavy (non-hydrogen) atoms. The fourth-order valence-corrected chi connectivity index (χ4v) is 5.67. The van der Waals surface area contributed by atoms with E-state index < -0.39 is 47.3 Å². The van der Waals surface area contributed by atoms with Crippen molar-refractivity contribution in [2.45, 2.75) is 83.5 Å². The molecule has 0 aromatic carbocycles. The molecule has 11 heteroatoms. The molecule has 0 radical (unpaired) electrons. The van der Waals surface area contributed by atoms with Crippen LogP contribution in [0.5, 0.6) is 0 Å². The first kappa shape index (κ1) is 29.4. The van der Waals surface area contributed by atoms with Gasteiger partial charge in [0.05, 0.1) is 33.8 Å². The van der Waals surface area contributed by atoms with Crippen molar-refractivity contribution in [2.24, 2.45) is 22.6 Å². The molecule has 2 N–H and O–H groups in total. The van der Waals surface area contributed by atoms with Crippen molar-refractivity contribution in [3.8, 4) is 0 Å². The van der Waals surface area contributed by atoms with Gasteiger partial charge in [0.25, 0.3) is 5.91 Å². The van der Waals surface area contributed by atoms with E-state index in [1.165, 1.54) is 17.3 Å². The van der Waals surface area contributed by atoms with E-state index in [0.717, 1.165) is 12.8 Å². The maximum Gasteiger partial charge on any atom is 0.433 e. The van der Waals surface area contributed by atoms with E-state index in [4.69, 9.17) is 28.9 Å². The van der Waals surface area contributed by atoms with Gasteiger partial charge in [-0.05, 0) is 56.8 Å². The predicted octanol–water partition coefficient (Wildman–Crippen LogP) is 6.40. The molecule has 0 bridgehead atoms. The third kappa shape index (κ3) is 7.05. The molecule has 2 saturated carbocycles. The van der Waals surface area contributed by atoms with Gasteiger partial charge in [0.15, 0.2) is 11.5 Å². The zero-order valence-corrected chi connectivity index (χ0v) is 22.8. The molecule has 0 saturated heterocycles. The fourth-order valence-electron chi connectivity index (χ4n) is 5.09. The van der Waals surface area contributed by atoms with E-state index in [9.17, 15) is 22.8 Å². The first-order valence-electron chi connectivity index (χ1n) is 12.5. The summed E-state index contributed by atoms with van der Waals surface area (Å²) in [6, 6.07) is -0.550. The number of halogens is 5. The second-order valence-electron chi connectivity index (χ2n) is 10.6. The number of rotatable bonds is 9. The van der Waals surface area contributed by atoms with Crippen LogP contribution in [-0.2, 0) is 4.79 Å². The van der Waals surface area contributed by atoms with Crippen LogP contribution in [0.1, 0.15) is 76.1 Å². The number of nitrogens with zero attached hydrogens (tertiary/aromatic N) is 3. The van der Waals surface area contributed by atoms with E-state index in [1.807, 2.05) is 13.8 Å². The quantitative estimate of drug-likeness (QED) is 0.215. The summed E-state index contributed by atoms with van der Waals surface area (Å²) in [6.45, 7) is 5.46. The lowest BCUT2D eigenvalue weighted by atomic mass is 9.87. The van der Waals surface area contributed by atoms with Crippen molar-refractivity contribution in [3.05, 3.63) is 39.8 Å². The second kappa shape index (κ2) is 11.7. The van der Waals surface area contributed by atoms with E-state index in [2.05, 4.69) is 16.9 Å². The molecule has 0 aliphatic heterocycles. The largest absolute Gasteiger partial charge is 0.433 e. The zero-order chi connectivity index (χ0) is 27.5. The van der Waals surface area contributed by atoms with Crippen LogP contribution in [0.25, 0.3) is 0 Å². The van der Waals surface area contributed by atoms with Crippen molar-refractivity contribution in [3.63, 3.8) is 0 Å². The second-order valence-corrected chi connectivity index (χ2v) is 11.4. The summed E-state index contributed by atoms with van der Waals surface area (Å²) < 4.78 is 42.8. The van der Waals surface area contributed by atoms with Crippen LogP contribution in [0.2, 0.25) is 10.0 Å². The number of alkyl halides is 3. The number of nitrogens with two attached hydrogens (primary N) is 1. The van der Waals surface area contributed by atoms with Crippen LogP contribution >= 0.6 is 23.2 Å². The standard InChI is InChI=1S/C26H33Cl2F3N4O2/c1-15(2)10-25(8-9-25)35(14-21(36)22-19(27)12-33-13-20(22)28)24(37)18(11-32)23(26(29,30)31)34-17-6-4-16(3)5-7-17/h11-13,15-17H,4-10,14,32H2,1-3H3. The summed E-state index contributed by atoms with van der Waals surface area (Å²) >= 11 is 12.3. The molecule has 0 spiro atoms. The highest BCUT2D eigenvalue weighted by Gasteiger charge is 2.53. The molecule has 1 aromatic heterocycles. The minimum Gasteiger partial charge on any atom is -0.404 e. The first-order chi connectivity index (χ1) is 17.3. The van der Waals surface area contributed by atoms with Gasteiger partial charge < -0.3 is 10.6 Å². The highest BCUT2D eigenvalue weighted by molar-refractivity contribution is 6.39. The minimum absolute atomic E-state index is 0.00253. The Kier molecular flexibility index (Phi) is 9.32. The minimum atomic E-state index is -4.90. The number of hydrogen-bond acceptors (Lipinski definition) is 5. The Hall–Kier alpha value is -2.13. The monoisotopic (exact) mass is 560 g/mol. The number of hydrogen-bond donors (Lipinski definition) is 1. The van der Waals surface area contributed by atoms with Crippen LogP contribution < -0.4 is 5.73 Å². The number of pyridine rings is 1. The number of aliphatic imine (C=N–C) groups is 1. The maximum atomic E-state index is 14.3. The number of amides is 1. The van der Waals surface area contributed by atoms with Gasteiger partial charge in [0.1, 0.15) is 0 Å². The van der Waals surface area contributed by atoms with Crippen LogP contribution in [-0.4, -0.2) is 51.6 Å². The molecule has 1 heterocycles. The Labute approximate surface area is 225 Å². The molecule has 6 nitrogen and oxygen atoms in total. The molecular formula is C26H33Cl2F3N4O2. The van der Waals surface area contributed by atoms with Gasteiger partial charge in [-0.3, -0.25) is 19.6 Å². The Bertz CT molecular complexity index is 1060. The topological polar surface area (TPSA) is 88.7 Å². The first-order valence-corrected chi connectivity index (χ1v) is 13.3. The molecule has 1 aromatic rings.